The summed E-state index contributed by atoms with van der Waals surface area (Å²) in [5.74, 6) is -1.02. The quantitative estimate of drug-likeness (QED) is 0.550. The second-order valence-electron chi connectivity index (χ2n) is 5.74. The lowest BCUT2D eigenvalue weighted by molar-refractivity contribution is -0.142. The highest BCUT2D eigenvalue weighted by Gasteiger charge is 2.24. The van der Waals surface area contributed by atoms with Gasteiger partial charge in [-0.1, -0.05) is 42.5 Å². The van der Waals surface area contributed by atoms with Crippen LogP contribution >= 0.6 is 0 Å². The van der Waals surface area contributed by atoms with Crippen molar-refractivity contribution in [3.8, 4) is 0 Å². The summed E-state index contributed by atoms with van der Waals surface area (Å²) in [6.45, 7) is 7.18. The van der Waals surface area contributed by atoms with E-state index in [-0.39, 0.29) is 17.7 Å². The number of esters is 1. The van der Waals surface area contributed by atoms with Gasteiger partial charge in [0.2, 0.25) is 5.91 Å². The van der Waals surface area contributed by atoms with E-state index in [0.717, 1.165) is 16.5 Å². The second-order valence-corrected chi connectivity index (χ2v) is 5.74. The van der Waals surface area contributed by atoms with Gasteiger partial charge in [-0.3, -0.25) is 4.79 Å². The number of amides is 1. The van der Waals surface area contributed by atoms with Gasteiger partial charge in [0.1, 0.15) is 6.04 Å². The third-order valence-electron chi connectivity index (χ3n) is 4.16. The Bertz CT molecular complexity index is 1000. The largest absolute Gasteiger partial charge is 0.467 e. The average Bonchev–Trinajstić information content (AvgIpc) is 3.09. The minimum atomic E-state index is -0.856. The highest BCUT2D eigenvalue weighted by molar-refractivity contribution is 6.01. The Morgan fingerprint density at radius 3 is 2.69 bits per heavy atom. The van der Waals surface area contributed by atoms with Gasteiger partial charge in [-0.15, -0.1) is 0 Å². The normalized spacial score (nSPS) is 11.5. The van der Waals surface area contributed by atoms with E-state index in [4.69, 9.17) is 11.3 Å². The molecule has 0 aliphatic carbocycles. The number of methoxy groups -OCH3 is 1. The molecule has 0 aliphatic rings. The summed E-state index contributed by atoms with van der Waals surface area (Å²) in [6, 6.07) is 13.4. The van der Waals surface area contributed by atoms with Gasteiger partial charge >= 0.3 is 5.97 Å². The fourth-order valence-electron chi connectivity index (χ4n) is 2.86. The third-order valence-corrected chi connectivity index (χ3v) is 4.16. The van der Waals surface area contributed by atoms with Crippen molar-refractivity contribution in [2.75, 3.05) is 7.11 Å². The lowest BCUT2D eigenvalue weighted by Crippen LogP contribution is -2.43. The summed E-state index contributed by atoms with van der Waals surface area (Å²) >= 11 is 0. The van der Waals surface area contributed by atoms with Crippen LogP contribution in [0.25, 0.3) is 15.7 Å². The summed E-state index contributed by atoms with van der Waals surface area (Å²) in [5.41, 5.74) is 2.32. The molecule has 1 atom stereocenters. The van der Waals surface area contributed by atoms with Gasteiger partial charge < -0.3 is 15.0 Å². The highest BCUT2D eigenvalue weighted by atomic mass is 16.5. The minimum Gasteiger partial charge on any atom is -0.467 e. The molecule has 0 radical (unpaired) electrons. The number of rotatable bonds is 5. The highest BCUT2D eigenvalue weighted by Crippen LogP contribution is 2.21. The number of hydrogen-bond acceptors (Lipinski definition) is 3. The molecular weight excluding hydrogens is 330 g/mol. The zero-order valence-electron chi connectivity index (χ0n) is 14.2. The Hall–Kier alpha value is -3.59. The van der Waals surface area contributed by atoms with Crippen LogP contribution in [0.15, 0.2) is 54.7 Å². The van der Waals surface area contributed by atoms with Crippen LogP contribution in [0, 0.1) is 6.57 Å². The van der Waals surface area contributed by atoms with E-state index in [2.05, 4.69) is 15.1 Å². The molecule has 26 heavy (non-hydrogen) atoms. The molecule has 0 spiro atoms. The van der Waals surface area contributed by atoms with Crippen molar-refractivity contribution in [2.45, 2.75) is 12.5 Å². The van der Waals surface area contributed by atoms with Crippen molar-refractivity contribution >= 4 is 28.5 Å². The number of carbonyl (C=O) groups excluding carboxylic acids is 2. The molecule has 2 N–H and O–H groups in total. The van der Waals surface area contributed by atoms with Crippen LogP contribution < -0.4 is 5.32 Å². The molecule has 1 heterocycles. The SMILES string of the molecule is [C-]#[N+]c1ccccc1C(=O)N[C@@H](Cc1c[nH]c2ccccc12)C(=O)OC. The molecule has 0 saturated carbocycles. The van der Waals surface area contributed by atoms with Gasteiger partial charge in [0.05, 0.1) is 13.7 Å². The van der Waals surface area contributed by atoms with E-state index >= 15 is 0 Å². The Morgan fingerprint density at radius 2 is 1.92 bits per heavy atom. The fourth-order valence-corrected chi connectivity index (χ4v) is 2.86. The molecular formula is C20H17N3O3. The van der Waals surface area contributed by atoms with E-state index < -0.39 is 17.9 Å². The van der Waals surface area contributed by atoms with Crippen molar-refractivity contribution < 1.29 is 14.3 Å². The summed E-state index contributed by atoms with van der Waals surface area (Å²) in [4.78, 5) is 31.3. The molecule has 6 nitrogen and oxygen atoms in total. The van der Waals surface area contributed by atoms with Crippen LogP contribution in [-0.4, -0.2) is 30.0 Å². The Labute approximate surface area is 150 Å². The van der Waals surface area contributed by atoms with Crippen LogP contribution in [0.2, 0.25) is 0 Å². The number of hydrogen-bond donors (Lipinski definition) is 2. The average molecular weight is 347 g/mol. The molecule has 130 valence electrons. The number of fused-ring (bicyclic) bond motifs is 1. The van der Waals surface area contributed by atoms with Crippen molar-refractivity contribution in [1.82, 2.24) is 10.3 Å². The summed E-state index contributed by atoms with van der Waals surface area (Å²) in [7, 11) is 1.28. The van der Waals surface area contributed by atoms with E-state index in [1.807, 2.05) is 30.5 Å². The summed E-state index contributed by atoms with van der Waals surface area (Å²) in [5, 5.41) is 3.67. The molecule has 3 aromatic rings. The summed E-state index contributed by atoms with van der Waals surface area (Å²) in [6.07, 6.45) is 2.10. The number of ether oxygens (including phenoxy) is 1. The van der Waals surface area contributed by atoms with Crippen molar-refractivity contribution in [3.05, 3.63) is 77.3 Å². The molecule has 3 rings (SSSR count). The number of aromatic amines is 1. The molecule has 2 aromatic carbocycles. The lowest BCUT2D eigenvalue weighted by Gasteiger charge is -2.17. The molecule has 0 unspecified atom stereocenters. The first-order chi connectivity index (χ1) is 12.6. The number of nitrogens with zero attached hydrogens (tertiary/aromatic N) is 1. The second kappa shape index (κ2) is 7.53. The van der Waals surface area contributed by atoms with Gasteiger partial charge in [0.15, 0.2) is 5.69 Å². The maximum atomic E-state index is 12.6. The molecule has 6 heteroatoms. The Balaban J connectivity index is 1.86. The summed E-state index contributed by atoms with van der Waals surface area (Å²) < 4.78 is 4.84. The van der Waals surface area contributed by atoms with Gasteiger partial charge in [-0.25, -0.2) is 9.64 Å². The Kier molecular flexibility index (Phi) is 4.99. The predicted molar refractivity (Wildman–Crippen MR) is 98.0 cm³/mol. The number of para-hydroxylation sites is 2. The standard InChI is InChI=1S/C20H17N3O3/c1-21-16-9-5-4-8-15(16)19(24)23-18(20(25)26-2)11-13-12-22-17-10-6-3-7-14(13)17/h3-10,12,18,22H,11H2,2H3,(H,23,24)/t18-/m0/s1. The van der Waals surface area contributed by atoms with Gasteiger partial charge in [-0.2, -0.15) is 0 Å². The minimum absolute atomic E-state index is 0.232. The zero-order valence-corrected chi connectivity index (χ0v) is 14.2. The van der Waals surface area contributed by atoms with E-state index in [0.29, 0.717) is 0 Å². The van der Waals surface area contributed by atoms with E-state index in [9.17, 15) is 9.59 Å². The van der Waals surface area contributed by atoms with Crippen molar-refractivity contribution in [1.29, 1.82) is 0 Å². The van der Waals surface area contributed by atoms with Crippen LogP contribution in [0.1, 0.15) is 15.9 Å². The van der Waals surface area contributed by atoms with Gasteiger partial charge in [0, 0.05) is 29.1 Å². The fraction of sp³-hybridized carbons (Fsp3) is 0.150. The number of carbonyl (C=O) groups is 2. The topological polar surface area (TPSA) is 75.5 Å². The number of aromatic nitrogens is 1. The molecule has 0 fully saturated rings. The molecule has 0 aliphatic heterocycles. The first-order valence-electron chi connectivity index (χ1n) is 8.04. The third kappa shape index (κ3) is 3.42. The maximum absolute atomic E-state index is 12.6. The van der Waals surface area contributed by atoms with Crippen molar-refractivity contribution in [3.63, 3.8) is 0 Å². The predicted octanol–water partition coefficient (Wildman–Crippen LogP) is 3.23. The van der Waals surface area contributed by atoms with Gasteiger partial charge in [0.25, 0.3) is 0 Å². The van der Waals surface area contributed by atoms with Crippen LogP contribution in [-0.2, 0) is 16.0 Å². The molecule has 1 amide bonds. The Morgan fingerprint density at radius 1 is 1.19 bits per heavy atom. The van der Waals surface area contributed by atoms with E-state index in [1.165, 1.54) is 7.11 Å². The lowest BCUT2D eigenvalue weighted by atomic mass is 10.0. The first-order valence-corrected chi connectivity index (χ1v) is 8.04. The number of H-pyrrole nitrogens is 1. The van der Waals surface area contributed by atoms with E-state index in [1.54, 1.807) is 24.3 Å². The van der Waals surface area contributed by atoms with Crippen LogP contribution in [0.3, 0.4) is 0 Å². The van der Waals surface area contributed by atoms with Crippen LogP contribution in [0.5, 0.6) is 0 Å². The molecule has 0 saturated heterocycles. The zero-order chi connectivity index (χ0) is 18.5. The van der Waals surface area contributed by atoms with Crippen molar-refractivity contribution in [2.24, 2.45) is 0 Å². The smallest absolute Gasteiger partial charge is 0.328 e. The number of nitrogens with one attached hydrogen (secondary N) is 2. The number of benzene rings is 2. The maximum Gasteiger partial charge on any atom is 0.328 e. The molecule has 1 aromatic heterocycles. The van der Waals surface area contributed by atoms with Crippen LogP contribution in [0.4, 0.5) is 5.69 Å². The molecule has 0 bridgehead atoms. The first kappa shape index (κ1) is 17.2. The monoisotopic (exact) mass is 347 g/mol. The van der Waals surface area contributed by atoms with Gasteiger partial charge in [-0.05, 0) is 11.6 Å².